The molecule has 5 aromatic rings. The van der Waals surface area contributed by atoms with Gasteiger partial charge in [0.05, 0.1) is 55.2 Å². The standard InChI is InChI=1S/C33H28N4O4S/c1-19(20-13-14-31-27(15-20)35-25-11-7-8-12-30(25)42-31)36-37-33(38)23-18-26(34-24-10-6-5-9-22(23)24)21-16-28(39-2)32(41-4)29(17-21)40-3/h5-18,35-36H,1H2,2-4H3,(H,37,38). The second kappa shape index (κ2) is 11.4. The van der Waals surface area contributed by atoms with E-state index in [4.69, 9.17) is 19.2 Å². The Hall–Kier alpha value is -5.15. The van der Waals surface area contributed by atoms with Crippen LogP contribution < -0.4 is 30.4 Å². The minimum Gasteiger partial charge on any atom is -0.493 e. The number of hydrazine groups is 1. The number of carbonyl (C=O) groups excluding carboxylic acids is 1. The summed E-state index contributed by atoms with van der Waals surface area (Å²) in [6.45, 7) is 4.15. The van der Waals surface area contributed by atoms with Crippen LogP contribution in [0, 0.1) is 0 Å². The number of anilines is 2. The van der Waals surface area contributed by atoms with E-state index in [9.17, 15) is 4.79 Å². The summed E-state index contributed by atoms with van der Waals surface area (Å²) >= 11 is 1.71. The van der Waals surface area contributed by atoms with E-state index in [1.54, 1.807) is 51.3 Å². The van der Waals surface area contributed by atoms with Crippen LogP contribution >= 0.6 is 11.8 Å². The zero-order valence-electron chi connectivity index (χ0n) is 23.3. The Labute approximate surface area is 247 Å². The number of hydrogen-bond donors (Lipinski definition) is 3. The van der Waals surface area contributed by atoms with Gasteiger partial charge in [-0.05, 0) is 48.5 Å². The largest absolute Gasteiger partial charge is 0.493 e. The molecular formula is C33H28N4O4S. The highest BCUT2D eigenvalue weighted by molar-refractivity contribution is 7.99. The molecule has 0 bridgehead atoms. The smallest absolute Gasteiger partial charge is 0.270 e. The molecule has 1 amide bonds. The van der Waals surface area contributed by atoms with Crippen molar-refractivity contribution in [3.63, 3.8) is 0 Å². The fourth-order valence-corrected chi connectivity index (χ4v) is 5.81. The third-order valence-electron chi connectivity index (χ3n) is 6.95. The third-order valence-corrected chi connectivity index (χ3v) is 8.10. The normalized spacial score (nSPS) is 11.5. The maximum atomic E-state index is 13.6. The average molecular weight is 577 g/mol. The first-order chi connectivity index (χ1) is 20.5. The lowest BCUT2D eigenvalue weighted by atomic mass is 10.0. The minimum absolute atomic E-state index is 0.330. The summed E-state index contributed by atoms with van der Waals surface area (Å²) in [5, 5.41) is 4.20. The van der Waals surface area contributed by atoms with Crippen molar-refractivity contribution in [2.75, 3.05) is 26.6 Å². The van der Waals surface area contributed by atoms with Gasteiger partial charge in [-0.1, -0.05) is 54.7 Å². The first kappa shape index (κ1) is 27.0. The number of methoxy groups -OCH3 is 3. The molecular weight excluding hydrogens is 548 g/mol. The summed E-state index contributed by atoms with van der Waals surface area (Å²) in [6.07, 6.45) is 0. The topological polar surface area (TPSA) is 93.7 Å². The van der Waals surface area contributed by atoms with Crippen LogP contribution in [0.5, 0.6) is 17.2 Å². The van der Waals surface area contributed by atoms with Crippen molar-refractivity contribution in [1.29, 1.82) is 0 Å². The molecule has 0 aliphatic carbocycles. The van der Waals surface area contributed by atoms with Crippen LogP contribution in [0.15, 0.2) is 101 Å². The average Bonchev–Trinajstić information content (AvgIpc) is 3.04. The molecule has 0 radical (unpaired) electrons. The van der Waals surface area contributed by atoms with Crippen LogP contribution in [0.2, 0.25) is 0 Å². The van der Waals surface area contributed by atoms with E-state index in [1.807, 2.05) is 54.6 Å². The predicted molar refractivity (Wildman–Crippen MR) is 167 cm³/mol. The van der Waals surface area contributed by atoms with E-state index in [0.717, 1.165) is 21.8 Å². The summed E-state index contributed by atoms with van der Waals surface area (Å²) in [7, 11) is 4.67. The summed E-state index contributed by atoms with van der Waals surface area (Å²) in [5.41, 5.74) is 11.7. The third kappa shape index (κ3) is 5.06. The van der Waals surface area contributed by atoms with Crippen molar-refractivity contribution in [1.82, 2.24) is 15.8 Å². The Balaban J connectivity index is 1.26. The molecule has 9 heteroatoms. The minimum atomic E-state index is -0.330. The van der Waals surface area contributed by atoms with Crippen molar-refractivity contribution >= 4 is 45.6 Å². The van der Waals surface area contributed by atoms with Gasteiger partial charge in [-0.3, -0.25) is 15.6 Å². The van der Waals surface area contributed by atoms with E-state index in [-0.39, 0.29) is 5.91 Å². The second-order valence-electron chi connectivity index (χ2n) is 9.48. The van der Waals surface area contributed by atoms with Crippen molar-refractivity contribution in [3.05, 3.63) is 103 Å². The van der Waals surface area contributed by atoms with Crippen molar-refractivity contribution in [3.8, 4) is 28.5 Å². The number of benzene rings is 4. The fraction of sp³-hybridized carbons (Fsp3) is 0.0909. The molecule has 2 heterocycles. The lowest BCUT2D eigenvalue weighted by Crippen LogP contribution is -2.36. The number of rotatable bonds is 8. The predicted octanol–water partition coefficient (Wildman–Crippen LogP) is 7.04. The number of nitrogens with one attached hydrogen (secondary N) is 3. The van der Waals surface area contributed by atoms with Crippen LogP contribution in [-0.2, 0) is 0 Å². The number of para-hydroxylation sites is 2. The van der Waals surface area contributed by atoms with Crippen molar-refractivity contribution in [2.45, 2.75) is 9.79 Å². The van der Waals surface area contributed by atoms with Gasteiger partial charge in [-0.15, -0.1) is 0 Å². The fourth-order valence-electron chi connectivity index (χ4n) is 4.84. The monoisotopic (exact) mass is 576 g/mol. The molecule has 0 saturated heterocycles. The number of nitrogens with zero attached hydrogens (tertiary/aromatic N) is 1. The Morgan fingerprint density at radius 2 is 1.52 bits per heavy atom. The van der Waals surface area contributed by atoms with Gasteiger partial charge in [-0.25, -0.2) is 4.98 Å². The molecule has 1 aliphatic rings. The second-order valence-corrected chi connectivity index (χ2v) is 10.6. The van der Waals surface area contributed by atoms with E-state index in [2.05, 4.69) is 34.9 Å². The van der Waals surface area contributed by atoms with Gasteiger partial charge in [-0.2, -0.15) is 0 Å². The molecule has 42 heavy (non-hydrogen) atoms. The number of aromatic nitrogens is 1. The SMILES string of the molecule is C=C(NNC(=O)c1cc(-c2cc(OC)c(OC)c(OC)c2)nc2ccccc12)c1ccc2c(c1)Nc1ccccc1S2. The van der Waals surface area contributed by atoms with Gasteiger partial charge >= 0.3 is 0 Å². The number of carbonyl (C=O) groups is 1. The van der Waals surface area contributed by atoms with E-state index in [0.29, 0.717) is 50.7 Å². The highest BCUT2D eigenvalue weighted by atomic mass is 32.2. The summed E-state index contributed by atoms with van der Waals surface area (Å²) in [6, 6.07) is 27.1. The highest BCUT2D eigenvalue weighted by Gasteiger charge is 2.19. The number of amides is 1. The lowest BCUT2D eigenvalue weighted by Gasteiger charge is -2.22. The van der Waals surface area contributed by atoms with E-state index < -0.39 is 0 Å². The van der Waals surface area contributed by atoms with Crippen molar-refractivity contribution < 1.29 is 19.0 Å². The number of pyridine rings is 1. The zero-order chi connectivity index (χ0) is 29.2. The van der Waals surface area contributed by atoms with Crippen LogP contribution in [0.4, 0.5) is 11.4 Å². The van der Waals surface area contributed by atoms with Gasteiger partial charge in [0.15, 0.2) is 11.5 Å². The number of hydrogen-bond acceptors (Lipinski definition) is 8. The zero-order valence-corrected chi connectivity index (χ0v) is 24.1. The molecule has 0 unspecified atom stereocenters. The molecule has 8 nitrogen and oxygen atoms in total. The van der Waals surface area contributed by atoms with E-state index in [1.165, 1.54) is 4.90 Å². The van der Waals surface area contributed by atoms with Crippen LogP contribution in [0.25, 0.3) is 27.9 Å². The van der Waals surface area contributed by atoms with Gasteiger partial charge in [0.25, 0.3) is 5.91 Å². The van der Waals surface area contributed by atoms with Gasteiger partial charge < -0.3 is 19.5 Å². The first-order valence-corrected chi connectivity index (χ1v) is 13.9. The summed E-state index contributed by atoms with van der Waals surface area (Å²) in [4.78, 5) is 20.7. The van der Waals surface area contributed by atoms with Gasteiger partial charge in [0.1, 0.15) is 0 Å². The molecule has 0 atom stereocenters. The Morgan fingerprint density at radius 1 is 0.810 bits per heavy atom. The summed E-state index contributed by atoms with van der Waals surface area (Å²) < 4.78 is 16.5. The highest BCUT2D eigenvalue weighted by Crippen LogP contribution is 2.44. The van der Waals surface area contributed by atoms with E-state index >= 15 is 0 Å². The van der Waals surface area contributed by atoms with Crippen LogP contribution in [-0.4, -0.2) is 32.2 Å². The Morgan fingerprint density at radius 3 is 2.29 bits per heavy atom. The molecule has 0 saturated carbocycles. The molecule has 1 aromatic heterocycles. The number of fused-ring (bicyclic) bond motifs is 3. The molecule has 0 spiro atoms. The molecule has 210 valence electrons. The Bertz CT molecular complexity index is 1830. The van der Waals surface area contributed by atoms with Crippen molar-refractivity contribution in [2.24, 2.45) is 0 Å². The van der Waals surface area contributed by atoms with Crippen LogP contribution in [0.3, 0.4) is 0 Å². The van der Waals surface area contributed by atoms with Crippen LogP contribution in [0.1, 0.15) is 15.9 Å². The Kier molecular flexibility index (Phi) is 7.33. The molecule has 0 fully saturated rings. The first-order valence-electron chi connectivity index (χ1n) is 13.1. The molecule has 3 N–H and O–H groups in total. The summed E-state index contributed by atoms with van der Waals surface area (Å²) in [5.74, 6) is 1.13. The van der Waals surface area contributed by atoms with Gasteiger partial charge in [0, 0.05) is 26.3 Å². The van der Waals surface area contributed by atoms with Gasteiger partial charge in [0.2, 0.25) is 5.75 Å². The lowest BCUT2D eigenvalue weighted by molar-refractivity contribution is 0.0944. The molecule has 4 aromatic carbocycles. The molecule has 1 aliphatic heterocycles. The maximum absolute atomic E-state index is 13.6. The number of ether oxygens (including phenoxy) is 3. The maximum Gasteiger partial charge on any atom is 0.270 e. The quantitative estimate of drug-likeness (QED) is 0.166. The molecule has 6 rings (SSSR count).